The fraction of sp³-hybridized carbons (Fsp3) is 0.722. The Bertz CT molecular complexity index is 549. The first-order valence-corrected chi connectivity index (χ1v) is 9.13. The Kier molecular flexibility index (Phi) is 4.19. The van der Waals surface area contributed by atoms with E-state index in [2.05, 4.69) is 19.8 Å². The number of fused-ring (bicyclic) bond motifs is 1. The lowest BCUT2D eigenvalue weighted by atomic mass is 9.91. The summed E-state index contributed by atoms with van der Waals surface area (Å²) in [6.45, 7) is 3.47. The molecular formula is C18H26N4O. The van der Waals surface area contributed by atoms with E-state index in [1.807, 2.05) is 6.07 Å². The molecule has 3 aliphatic rings. The van der Waals surface area contributed by atoms with Gasteiger partial charge in [0.1, 0.15) is 0 Å². The Balaban J connectivity index is 1.40. The number of amides is 1. The van der Waals surface area contributed by atoms with Crippen LogP contribution in [0.25, 0.3) is 0 Å². The van der Waals surface area contributed by atoms with Crippen LogP contribution in [0, 0.1) is 17.8 Å². The van der Waals surface area contributed by atoms with Crippen LogP contribution < -0.4 is 4.90 Å². The zero-order valence-corrected chi connectivity index (χ0v) is 13.7. The van der Waals surface area contributed by atoms with Crippen molar-refractivity contribution >= 4 is 11.9 Å². The second kappa shape index (κ2) is 6.46. The van der Waals surface area contributed by atoms with Crippen LogP contribution >= 0.6 is 0 Å². The molecule has 1 saturated heterocycles. The van der Waals surface area contributed by atoms with Gasteiger partial charge in [0.15, 0.2) is 0 Å². The lowest BCUT2D eigenvalue weighted by Crippen LogP contribution is -2.40. The smallest absolute Gasteiger partial charge is 0.226 e. The minimum atomic E-state index is 0.307. The summed E-state index contributed by atoms with van der Waals surface area (Å²) in [4.78, 5) is 26.0. The van der Waals surface area contributed by atoms with Crippen molar-refractivity contribution in [3.8, 4) is 0 Å². The highest BCUT2D eigenvalue weighted by Gasteiger charge is 2.43. The van der Waals surface area contributed by atoms with E-state index >= 15 is 0 Å². The molecule has 1 aliphatic heterocycles. The molecule has 1 aromatic heterocycles. The fourth-order valence-corrected chi connectivity index (χ4v) is 4.89. The highest BCUT2D eigenvalue weighted by atomic mass is 16.2. The zero-order valence-electron chi connectivity index (χ0n) is 13.7. The topological polar surface area (TPSA) is 49.3 Å². The van der Waals surface area contributed by atoms with E-state index in [0.717, 1.165) is 50.9 Å². The van der Waals surface area contributed by atoms with Gasteiger partial charge in [0.05, 0.1) is 0 Å². The molecule has 23 heavy (non-hydrogen) atoms. The van der Waals surface area contributed by atoms with E-state index in [1.54, 1.807) is 12.4 Å². The van der Waals surface area contributed by atoms with Gasteiger partial charge in [0, 0.05) is 44.5 Å². The Morgan fingerprint density at radius 2 is 1.83 bits per heavy atom. The van der Waals surface area contributed by atoms with Crippen molar-refractivity contribution < 1.29 is 4.79 Å². The molecule has 2 saturated carbocycles. The molecule has 0 unspecified atom stereocenters. The van der Waals surface area contributed by atoms with Gasteiger partial charge in [-0.15, -0.1) is 0 Å². The van der Waals surface area contributed by atoms with Gasteiger partial charge in [-0.25, -0.2) is 9.97 Å². The minimum Gasteiger partial charge on any atom is -0.341 e. The van der Waals surface area contributed by atoms with Gasteiger partial charge in [0.25, 0.3) is 0 Å². The molecule has 0 spiro atoms. The van der Waals surface area contributed by atoms with Crippen LogP contribution in [0.2, 0.25) is 0 Å². The first kappa shape index (κ1) is 14.9. The van der Waals surface area contributed by atoms with Gasteiger partial charge in [-0.3, -0.25) is 4.79 Å². The normalized spacial score (nSPS) is 31.0. The van der Waals surface area contributed by atoms with Crippen LogP contribution in [-0.4, -0.2) is 47.0 Å². The molecule has 5 heteroatoms. The molecule has 0 aromatic carbocycles. The standard InChI is InChI=1S/C18H26N4O/c23-17(16-7-6-14-4-1-5-15(14)16)21-10-3-11-22(13-12-21)18-19-8-2-9-20-18/h2,8-9,14-16H,1,3-7,10-13H2/t14-,15-,16-/m0/s1. The zero-order chi connectivity index (χ0) is 15.6. The predicted molar refractivity (Wildman–Crippen MR) is 89.0 cm³/mol. The number of hydrogen-bond acceptors (Lipinski definition) is 4. The highest BCUT2D eigenvalue weighted by molar-refractivity contribution is 5.79. The maximum atomic E-state index is 13.0. The van der Waals surface area contributed by atoms with Gasteiger partial charge in [-0.1, -0.05) is 12.8 Å². The molecule has 0 N–H and O–H groups in total. The maximum Gasteiger partial charge on any atom is 0.226 e. The summed E-state index contributed by atoms with van der Waals surface area (Å²) in [5, 5.41) is 0. The summed E-state index contributed by atoms with van der Waals surface area (Å²) in [5.74, 6) is 3.04. The van der Waals surface area contributed by atoms with Gasteiger partial charge in [0.2, 0.25) is 11.9 Å². The van der Waals surface area contributed by atoms with Crippen molar-refractivity contribution in [3.05, 3.63) is 18.5 Å². The van der Waals surface area contributed by atoms with E-state index in [0.29, 0.717) is 17.7 Å². The molecule has 3 fully saturated rings. The molecule has 0 radical (unpaired) electrons. The van der Waals surface area contributed by atoms with E-state index in [9.17, 15) is 4.79 Å². The van der Waals surface area contributed by atoms with Crippen molar-refractivity contribution in [1.82, 2.24) is 14.9 Å². The number of hydrogen-bond donors (Lipinski definition) is 0. The van der Waals surface area contributed by atoms with Gasteiger partial charge in [-0.05, 0) is 43.6 Å². The summed E-state index contributed by atoms with van der Waals surface area (Å²) in [6, 6.07) is 1.84. The third-order valence-corrected chi connectivity index (χ3v) is 6.04. The van der Waals surface area contributed by atoms with Crippen molar-refractivity contribution in [3.63, 3.8) is 0 Å². The summed E-state index contributed by atoms with van der Waals surface area (Å²) in [5.41, 5.74) is 0. The molecule has 4 rings (SSSR count). The number of carbonyl (C=O) groups is 1. The van der Waals surface area contributed by atoms with Crippen LogP contribution in [0.3, 0.4) is 0 Å². The Labute approximate surface area is 138 Å². The van der Waals surface area contributed by atoms with E-state index in [4.69, 9.17) is 0 Å². The molecule has 3 atom stereocenters. The Morgan fingerprint density at radius 3 is 2.70 bits per heavy atom. The highest BCUT2D eigenvalue weighted by Crippen LogP contribution is 2.48. The largest absolute Gasteiger partial charge is 0.341 e. The fourth-order valence-electron chi connectivity index (χ4n) is 4.89. The third-order valence-electron chi connectivity index (χ3n) is 6.04. The first-order valence-electron chi connectivity index (χ1n) is 9.13. The van der Waals surface area contributed by atoms with Crippen LogP contribution in [0.5, 0.6) is 0 Å². The number of rotatable bonds is 2. The molecule has 5 nitrogen and oxygen atoms in total. The lowest BCUT2D eigenvalue weighted by molar-refractivity contribution is -0.136. The number of aromatic nitrogens is 2. The molecule has 1 aromatic rings. The maximum absolute atomic E-state index is 13.0. The molecule has 124 valence electrons. The first-order chi connectivity index (χ1) is 11.3. The van der Waals surface area contributed by atoms with Crippen molar-refractivity contribution in [2.24, 2.45) is 17.8 Å². The van der Waals surface area contributed by atoms with Gasteiger partial charge in [-0.2, -0.15) is 0 Å². The number of anilines is 1. The SMILES string of the molecule is O=C([C@H]1CC[C@@H]2CCC[C@@H]21)N1CCCN(c2ncccn2)CC1. The Hall–Kier alpha value is -1.65. The van der Waals surface area contributed by atoms with Crippen LogP contribution in [0.1, 0.15) is 38.5 Å². The predicted octanol–water partition coefficient (Wildman–Crippen LogP) is 2.34. The summed E-state index contributed by atoms with van der Waals surface area (Å²) < 4.78 is 0. The average molecular weight is 314 g/mol. The molecule has 1 amide bonds. The van der Waals surface area contributed by atoms with Crippen molar-refractivity contribution in [2.75, 3.05) is 31.1 Å². The van der Waals surface area contributed by atoms with Crippen LogP contribution in [0.15, 0.2) is 18.5 Å². The second-order valence-corrected chi connectivity index (χ2v) is 7.25. The van der Waals surface area contributed by atoms with Gasteiger partial charge >= 0.3 is 0 Å². The molecule has 2 aliphatic carbocycles. The number of nitrogens with zero attached hydrogens (tertiary/aromatic N) is 4. The Morgan fingerprint density at radius 1 is 0.957 bits per heavy atom. The summed E-state index contributed by atoms with van der Waals surface area (Å²) >= 11 is 0. The summed E-state index contributed by atoms with van der Waals surface area (Å²) in [6.07, 6.45) is 10.9. The third kappa shape index (κ3) is 2.93. The van der Waals surface area contributed by atoms with Crippen LogP contribution in [-0.2, 0) is 4.79 Å². The van der Waals surface area contributed by atoms with Crippen molar-refractivity contribution in [2.45, 2.75) is 38.5 Å². The monoisotopic (exact) mass is 314 g/mol. The molecule has 2 heterocycles. The van der Waals surface area contributed by atoms with Crippen molar-refractivity contribution in [1.29, 1.82) is 0 Å². The van der Waals surface area contributed by atoms with Gasteiger partial charge < -0.3 is 9.80 Å². The second-order valence-electron chi connectivity index (χ2n) is 7.25. The summed E-state index contributed by atoms with van der Waals surface area (Å²) in [7, 11) is 0. The minimum absolute atomic E-state index is 0.307. The lowest BCUT2D eigenvalue weighted by Gasteiger charge is -2.27. The average Bonchev–Trinajstić information content (AvgIpc) is 3.11. The van der Waals surface area contributed by atoms with Crippen LogP contribution in [0.4, 0.5) is 5.95 Å². The molecular weight excluding hydrogens is 288 g/mol. The quantitative estimate of drug-likeness (QED) is 0.841. The molecule has 0 bridgehead atoms. The van der Waals surface area contributed by atoms with E-state index < -0.39 is 0 Å². The number of carbonyl (C=O) groups excluding carboxylic acids is 1. The van der Waals surface area contributed by atoms with E-state index in [-0.39, 0.29) is 0 Å². The van der Waals surface area contributed by atoms with E-state index in [1.165, 1.54) is 25.7 Å².